The predicted molar refractivity (Wildman–Crippen MR) is 78.2 cm³/mol. The summed E-state index contributed by atoms with van der Waals surface area (Å²) in [6, 6.07) is 13.2. The van der Waals surface area contributed by atoms with Crippen molar-refractivity contribution in [3.8, 4) is 0 Å². The second kappa shape index (κ2) is 6.51. The number of esters is 1. The maximum atomic E-state index is 11.3. The maximum absolute atomic E-state index is 11.3. The minimum atomic E-state index is -0.435. The van der Waals surface area contributed by atoms with Gasteiger partial charge in [-0.3, -0.25) is 10.1 Å². The third-order valence-electron chi connectivity index (χ3n) is 2.95. The van der Waals surface area contributed by atoms with E-state index in [1.807, 2.05) is 12.1 Å². The van der Waals surface area contributed by atoms with Crippen LogP contribution < -0.4 is 5.32 Å². The van der Waals surface area contributed by atoms with E-state index in [1.165, 1.54) is 19.2 Å². The second-order valence-corrected chi connectivity index (χ2v) is 4.35. The summed E-state index contributed by atoms with van der Waals surface area (Å²) in [5.74, 6) is -0.370. The summed E-state index contributed by atoms with van der Waals surface area (Å²) in [4.78, 5) is 21.4. The van der Waals surface area contributed by atoms with Gasteiger partial charge in [0.15, 0.2) is 0 Å². The van der Waals surface area contributed by atoms with Crippen LogP contribution in [0, 0.1) is 10.1 Å². The van der Waals surface area contributed by atoms with Gasteiger partial charge in [0.2, 0.25) is 0 Å². The van der Waals surface area contributed by atoms with Crippen molar-refractivity contribution >= 4 is 17.3 Å². The monoisotopic (exact) mass is 286 g/mol. The molecular formula is C15H14N2O4. The van der Waals surface area contributed by atoms with Gasteiger partial charge in [-0.25, -0.2) is 4.79 Å². The van der Waals surface area contributed by atoms with Crippen LogP contribution in [0.15, 0.2) is 48.5 Å². The Balaban J connectivity index is 1.96. The number of anilines is 1. The van der Waals surface area contributed by atoms with Crippen LogP contribution in [0.25, 0.3) is 0 Å². The molecule has 0 aromatic heterocycles. The number of non-ortho nitro benzene ring substituents is 1. The van der Waals surface area contributed by atoms with Crippen molar-refractivity contribution in [2.45, 2.75) is 6.54 Å². The lowest BCUT2D eigenvalue weighted by molar-refractivity contribution is -0.384. The van der Waals surface area contributed by atoms with Gasteiger partial charge in [-0.1, -0.05) is 12.1 Å². The maximum Gasteiger partial charge on any atom is 0.337 e. The molecule has 0 bridgehead atoms. The van der Waals surface area contributed by atoms with Gasteiger partial charge in [0, 0.05) is 24.4 Å². The zero-order valence-electron chi connectivity index (χ0n) is 11.4. The molecule has 0 unspecified atom stereocenters. The number of benzene rings is 2. The van der Waals surface area contributed by atoms with Gasteiger partial charge in [0.1, 0.15) is 0 Å². The fourth-order valence-electron chi connectivity index (χ4n) is 1.78. The number of hydrogen-bond donors (Lipinski definition) is 1. The second-order valence-electron chi connectivity index (χ2n) is 4.35. The van der Waals surface area contributed by atoms with Crippen molar-refractivity contribution in [1.82, 2.24) is 0 Å². The molecule has 6 heteroatoms. The quantitative estimate of drug-likeness (QED) is 0.519. The number of nitro groups is 1. The Bertz CT molecular complexity index is 636. The van der Waals surface area contributed by atoms with Gasteiger partial charge in [-0.2, -0.15) is 0 Å². The topological polar surface area (TPSA) is 81.5 Å². The SMILES string of the molecule is COC(=O)c1ccc(CNc2ccc([N+](=O)[O-])cc2)cc1. The molecule has 108 valence electrons. The van der Waals surface area contributed by atoms with E-state index in [2.05, 4.69) is 10.1 Å². The first-order chi connectivity index (χ1) is 10.1. The largest absolute Gasteiger partial charge is 0.465 e. The molecule has 0 saturated heterocycles. The molecule has 0 aliphatic carbocycles. The number of carbonyl (C=O) groups is 1. The Morgan fingerprint density at radius 3 is 2.29 bits per heavy atom. The number of methoxy groups -OCH3 is 1. The first-order valence-corrected chi connectivity index (χ1v) is 6.26. The smallest absolute Gasteiger partial charge is 0.337 e. The zero-order chi connectivity index (χ0) is 15.2. The van der Waals surface area contributed by atoms with Crippen molar-refractivity contribution in [2.75, 3.05) is 12.4 Å². The number of carbonyl (C=O) groups excluding carboxylic acids is 1. The Hall–Kier alpha value is -2.89. The van der Waals surface area contributed by atoms with Gasteiger partial charge >= 0.3 is 5.97 Å². The molecule has 2 aromatic rings. The van der Waals surface area contributed by atoms with Crippen molar-refractivity contribution in [3.63, 3.8) is 0 Å². The van der Waals surface area contributed by atoms with Gasteiger partial charge in [-0.05, 0) is 29.8 Å². The van der Waals surface area contributed by atoms with Gasteiger partial charge in [0.25, 0.3) is 5.69 Å². The zero-order valence-corrected chi connectivity index (χ0v) is 11.4. The molecule has 0 atom stereocenters. The van der Waals surface area contributed by atoms with E-state index < -0.39 is 4.92 Å². The molecule has 0 aliphatic rings. The van der Waals surface area contributed by atoms with Crippen molar-refractivity contribution < 1.29 is 14.5 Å². The Kier molecular flexibility index (Phi) is 4.50. The molecule has 0 aliphatic heterocycles. The molecule has 0 saturated carbocycles. The number of nitro benzene ring substituents is 1. The molecule has 0 spiro atoms. The summed E-state index contributed by atoms with van der Waals surface area (Å²) < 4.78 is 4.63. The van der Waals surface area contributed by atoms with Crippen LogP contribution in [-0.2, 0) is 11.3 Å². The first-order valence-electron chi connectivity index (χ1n) is 6.26. The minimum Gasteiger partial charge on any atom is -0.465 e. The Labute approximate surface area is 121 Å². The van der Waals surface area contributed by atoms with Gasteiger partial charge < -0.3 is 10.1 Å². The summed E-state index contributed by atoms with van der Waals surface area (Å²) in [5.41, 5.74) is 2.33. The third-order valence-corrected chi connectivity index (χ3v) is 2.95. The van der Waals surface area contributed by atoms with E-state index in [9.17, 15) is 14.9 Å². The van der Waals surface area contributed by atoms with Crippen LogP contribution in [0.1, 0.15) is 15.9 Å². The summed E-state index contributed by atoms with van der Waals surface area (Å²) >= 11 is 0. The van der Waals surface area contributed by atoms with Crippen LogP contribution in [0.2, 0.25) is 0 Å². The number of ether oxygens (including phenoxy) is 1. The highest BCUT2D eigenvalue weighted by Gasteiger charge is 2.05. The predicted octanol–water partition coefficient (Wildman–Crippen LogP) is 2.99. The minimum absolute atomic E-state index is 0.0583. The lowest BCUT2D eigenvalue weighted by Gasteiger charge is -2.07. The average molecular weight is 286 g/mol. The first kappa shape index (κ1) is 14.5. The molecular weight excluding hydrogens is 272 g/mol. The highest BCUT2D eigenvalue weighted by atomic mass is 16.6. The fraction of sp³-hybridized carbons (Fsp3) is 0.133. The molecule has 2 aromatic carbocycles. The lowest BCUT2D eigenvalue weighted by Crippen LogP contribution is -2.03. The number of nitrogens with one attached hydrogen (secondary N) is 1. The summed E-state index contributed by atoms with van der Waals surface area (Å²) in [5, 5.41) is 13.7. The molecule has 0 radical (unpaired) electrons. The van der Waals surface area contributed by atoms with Crippen LogP contribution in [0.3, 0.4) is 0 Å². The molecule has 0 heterocycles. The molecule has 0 fully saturated rings. The van der Waals surface area contributed by atoms with E-state index in [0.717, 1.165) is 11.3 Å². The highest BCUT2D eigenvalue weighted by Crippen LogP contribution is 2.16. The van der Waals surface area contributed by atoms with E-state index in [-0.39, 0.29) is 11.7 Å². The Morgan fingerprint density at radius 1 is 1.14 bits per heavy atom. The van der Waals surface area contributed by atoms with E-state index >= 15 is 0 Å². The molecule has 1 N–H and O–H groups in total. The summed E-state index contributed by atoms with van der Waals surface area (Å²) in [6.45, 7) is 0.555. The fourth-order valence-corrected chi connectivity index (χ4v) is 1.78. The number of nitrogens with zero attached hydrogens (tertiary/aromatic N) is 1. The van der Waals surface area contributed by atoms with Crippen LogP contribution in [0.4, 0.5) is 11.4 Å². The van der Waals surface area contributed by atoms with Crippen LogP contribution in [-0.4, -0.2) is 18.0 Å². The van der Waals surface area contributed by atoms with Crippen molar-refractivity contribution in [1.29, 1.82) is 0 Å². The summed E-state index contributed by atoms with van der Waals surface area (Å²) in [6.07, 6.45) is 0. The number of rotatable bonds is 5. The molecule has 21 heavy (non-hydrogen) atoms. The van der Waals surface area contributed by atoms with Crippen LogP contribution in [0.5, 0.6) is 0 Å². The van der Waals surface area contributed by atoms with Gasteiger partial charge in [0.05, 0.1) is 17.6 Å². The lowest BCUT2D eigenvalue weighted by atomic mass is 10.1. The number of hydrogen-bond acceptors (Lipinski definition) is 5. The molecule has 2 rings (SSSR count). The van der Waals surface area contributed by atoms with Crippen molar-refractivity contribution in [3.05, 3.63) is 69.8 Å². The normalized spacial score (nSPS) is 9.95. The van der Waals surface area contributed by atoms with Crippen LogP contribution >= 0.6 is 0 Å². The molecule has 0 amide bonds. The highest BCUT2D eigenvalue weighted by molar-refractivity contribution is 5.89. The Morgan fingerprint density at radius 2 is 1.76 bits per heavy atom. The van der Waals surface area contributed by atoms with E-state index in [0.29, 0.717) is 12.1 Å². The van der Waals surface area contributed by atoms with Crippen molar-refractivity contribution in [2.24, 2.45) is 0 Å². The molecule has 6 nitrogen and oxygen atoms in total. The van der Waals surface area contributed by atoms with E-state index in [1.54, 1.807) is 24.3 Å². The van der Waals surface area contributed by atoms with E-state index in [4.69, 9.17) is 0 Å². The third kappa shape index (κ3) is 3.79. The summed E-state index contributed by atoms with van der Waals surface area (Å²) in [7, 11) is 1.34. The standard InChI is InChI=1S/C15H14N2O4/c1-21-15(18)12-4-2-11(3-5-12)10-16-13-6-8-14(9-7-13)17(19)20/h2-9,16H,10H2,1H3. The van der Waals surface area contributed by atoms with Gasteiger partial charge in [-0.15, -0.1) is 0 Å². The average Bonchev–Trinajstić information content (AvgIpc) is 2.53.